The predicted octanol–water partition coefficient (Wildman–Crippen LogP) is 3.54. The van der Waals surface area contributed by atoms with Gasteiger partial charge in [-0.05, 0) is 19.1 Å². The molecule has 0 saturated carbocycles. The van der Waals surface area contributed by atoms with Crippen molar-refractivity contribution >= 4 is 45.9 Å². The van der Waals surface area contributed by atoms with Gasteiger partial charge < -0.3 is 25.6 Å². The molecular formula is C19H20ClF3N6O2. The first-order valence-electron chi connectivity index (χ1n) is 9.28. The molecule has 3 aromatic rings. The van der Waals surface area contributed by atoms with Crippen LogP contribution in [0, 0.1) is 0 Å². The standard InChI is InChI=1S/C19H20ClF3N6O2/c1-3-24-16-12(19(21,22)23)8-26-18(28-16)27-14-7-15-10(6-13(14)20)11(9-29(15)2)17(31)25-4-5-30/h6-9,30H,3-5H2,1-2H3,(H,25,31)(H2,24,26,27,28). The van der Waals surface area contributed by atoms with Crippen molar-refractivity contribution in [3.8, 4) is 0 Å². The van der Waals surface area contributed by atoms with Gasteiger partial charge in [0.2, 0.25) is 5.95 Å². The van der Waals surface area contributed by atoms with Crippen molar-refractivity contribution in [1.82, 2.24) is 19.9 Å². The average molecular weight is 457 g/mol. The Hall–Kier alpha value is -3.05. The first-order valence-corrected chi connectivity index (χ1v) is 9.66. The number of nitrogens with zero attached hydrogens (tertiary/aromatic N) is 3. The van der Waals surface area contributed by atoms with Crippen LogP contribution in [0.5, 0.6) is 0 Å². The zero-order chi connectivity index (χ0) is 22.8. The van der Waals surface area contributed by atoms with Crippen molar-refractivity contribution in [3.63, 3.8) is 0 Å². The van der Waals surface area contributed by atoms with E-state index in [1.165, 1.54) is 0 Å². The Kier molecular flexibility index (Phi) is 6.56. The van der Waals surface area contributed by atoms with Crippen molar-refractivity contribution < 1.29 is 23.1 Å². The van der Waals surface area contributed by atoms with Gasteiger partial charge in [-0.15, -0.1) is 0 Å². The molecular weight excluding hydrogens is 437 g/mol. The lowest BCUT2D eigenvalue weighted by atomic mass is 10.1. The van der Waals surface area contributed by atoms with E-state index in [0.717, 1.165) is 0 Å². The molecule has 31 heavy (non-hydrogen) atoms. The van der Waals surface area contributed by atoms with Gasteiger partial charge in [0.1, 0.15) is 11.4 Å². The minimum Gasteiger partial charge on any atom is -0.395 e. The monoisotopic (exact) mass is 456 g/mol. The number of nitrogens with one attached hydrogen (secondary N) is 3. The number of aliphatic hydroxyl groups excluding tert-OH is 1. The SMILES string of the molecule is CCNc1nc(Nc2cc3c(cc2Cl)c(C(=O)NCCO)cn3C)ncc1C(F)(F)F. The average Bonchev–Trinajstić information content (AvgIpc) is 3.01. The molecule has 166 valence electrons. The summed E-state index contributed by atoms with van der Waals surface area (Å²) >= 11 is 6.35. The highest BCUT2D eigenvalue weighted by molar-refractivity contribution is 6.34. The molecule has 0 saturated heterocycles. The predicted molar refractivity (Wildman–Crippen MR) is 112 cm³/mol. The number of carbonyl (C=O) groups is 1. The molecule has 0 fully saturated rings. The van der Waals surface area contributed by atoms with E-state index in [4.69, 9.17) is 16.7 Å². The van der Waals surface area contributed by atoms with E-state index in [1.807, 2.05) is 0 Å². The Morgan fingerprint density at radius 1 is 1.32 bits per heavy atom. The molecule has 8 nitrogen and oxygen atoms in total. The minimum absolute atomic E-state index is 0.0691. The number of fused-ring (bicyclic) bond motifs is 1. The van der Waals surface area contributed by atoms with Gasteiger partial charge >= 0.3 is 6.18 Å². The van der Waals surface area contributed by atoms with Crippen LogP contribution in [0.4, 0.5) is 30.6 Å². The second-order valence-corrected chi connectivity index (χ2v) is 7.00. The summed E-state index contributed by atoms with van der Waals surface area (Å²) in [5.41, 5.74) is 0.418. The number of aliphatic hydroxyl groups is 1. The summed E-state index contributed by atoms with van der Waals surface area (Å²) in [5.74, 6) is -0.774. The number of rotatable bonds is 7. The first-order chi connectivity index (χ1) is 14.7. The van der Waals surface area contributed by atoms with Crippen LogP contribution in [0.2, 0.25) is 5.02 Å². The smallest absolute Gasteiger partial charge is 0.395 e. The molecule has 4 N–H and O–H groups in total. The fraction of sp³-hybridized carbons (Fsp3) is 0.316. The first kappa shape index (κ1) is 22.6. The summed E-state index contributed by atoms with van der Waals surface area (Å²) in [6.45, 7) is 1.83. The molecule has 0 aliphatic rings. The number of anilines is 3. The van der Waals surface area contributed by atoms with Gasteiger partial charge in [0.05, 0.1) is 28.4 Å². The molecule has 0 aliphatic carbocycles. The Morgan fingerprint density at radius 3 is 2.71 bits per heavy atom. The number of aryl methyl sites for hydroxylation is 1. The lowest BCUT2D eigenvalue weighted by Gasteiger charge is -2.14. The zero-order valence-electron chi connectivity index (χ0n) is 16.6. The third-order valence-corrected chi connectivity index (χ3v) is 4.72. The number of hydrogen-bond acceptors (Lipinski definition) is 6. The number of benzene rings is 1. The minimum atomic E-state index is -4.59. The molecule has 1 aromatic carbocycles. The van der Waals surface area contributed by atoms with E-state index in [9.17, 15) is 18.0 Å². The summed E-state index contributed by atoms with van der Waals surface area (Å²) in [7, 11) is 1.74. The molecule has 0 bridgehead atoms. The lowest BCUT2D eigenvalue weighted by molar-refractivity contribution is -0.137. The largest absolute Gasteiger partial charge is 0.421 e. The van der Waals surface area contributed by atoms with Crippen molar-refractivity contribution in [2.45, 2.75) is 13.1 Å². The Labute approximate surface area is 180 Å². The van der Waals surface area contributed by atoms with Crippen molar-refractivity contribution in [3.05, 3.63) is 40.7 Å². The molecule has 2 aromatic heterocycles. The second kappa shape index (κ2) is 8.98. The Morgan fingerprint density at radius 2 is 2.06 bits per heavy atom. The zero-order valence-corrected chi connectivity index (χ0v) is 17.4. The fourth-order valence-corrected chi connectivity index (χ4v) is 3.23. The van der Waals surface area contributed by atoms with Crippen LogP contribution in [0.3, 0.4) is 0 Å². The van der Waals surface area contributed by atoms with Crippen LogP contribution in [0.1, 0.15) is 22.8 Å². The molecule has 12 heteroatoms. The topological polar surface area (TPSA) is 104 Å². The third-order valence-electron chi connectivity index (χ3n) is 4.41. The number of carbonyl (C=O) groups excluding carboxylic acids is 1. The van der Waals surface area contributed by atoms with Crippen molar-refractivity contribution in [1.29, 1.82) is 0 Å². The summed E-state index contributed by atoms with van der Waals surface area (Å²) in [6, 6.07) is 3.22. The maximum absolute atomic E-state index is 13.1. The van der Waals surface area contributed by atoms with Crippen LogP contribution in [-0.2, 0) is 13.2 Å². The van der Waals surface area contributed by atoms with Crippen LogP contribution in [0.25, 0.3) is 10.9 Å². The van der Waals surface area contributed by atoms with E-state index in [0.29, 0.717) is 28.4 Å². The van der Waals surface area contributed by atoms with Gasteiger partial charge in [0.15, 0.2) is 0 Å². The van der Waals surface area contributed by atoms with Gasteiger partial charge in [0.25, 0.3) is 5.91 Å². The van der Waals surface area contributed by atoms with Gasteiger partial charge in [-0.1, -0.05) is 11.6 Å². The van der Waals surface area contributed by atoms with Crippen molar-refractivity contribution in [2.24, 2.45) is 7.05 Å². The molecule has 1 amide bonds. The molecule has 3 rings (SSSR count). The van der Waals surface area contributed by atoms with Crippen LogP contribution in [0.15, 0.2) is 24.5 Å². The Balaban J connectivity index is 1.97. The van der Waals surface area contributed by atoms with Gasteiger partial charge in [0, 0.05) is 37.9 Å². The van der Waals surface area contributed by atoms with E-state index < -0.39 is 11.7 Å². The molecule has 0 unspecified atom stereocenters. The number of hydrogen-bond donors (Lipinski definition) is 4. The molecule has 0 radical (unpaired) electrons. The molecule has 0 aliphatic heterocycles. The normalized spacial score (nSPS) is 11.6. The quantitative estimate of drug-likeness (QED) is 0.433. The summed E-state index contributed by atoms with van der Waals surface area (Å²) in [5, 5.41) is 17.7. The van der Waals surface area contributed by atoms with Gasteiger partial charge in [-0.3, -0.25) is 4.79 Å². The Bertz CT molecular complexity index is 1120. The van der Waals surface area contributed by atoms with E-state index in [1.54, 1.807) is 36.9 Å². The number of halogens is 4. The highest BCUT2D eigenvalue weighted by Crippen LogP contribution is 2.35. The summed E-state index contributed by atoms with van der Waals surface area (Å²) < 4.78 is 41.2. The lowest BCUT2D eigenvalue weighted by Crippen LogP contribution is -2.26. The maximum Gasteiger partial charge on any atom is 0.421 e. The summed E-state index contributed by atoms with van der Waals surface area (Å²) in [6.07, 6.45) is -2.27. The van der Waals surface area contributed by atoms with Gasteiger partial charge in [-0.2, -0.15) is 18.2 Å². The fourth-order valence-electron chi connectivity index (χ4n) is 3.02. The number of amides is 1. The van der Waals surface area contributed by atoms with Crippen molar-refractivity contribution in [2.75, 3.05) is 30.3 Å². The number of alkyl halides is 3. The van der Waals surface area contributed by atoms with Crippen LogP contribution >= 0.6 is 11.6 Å². The van der Waals surface area contributed by atoms with E-state index in [2.05, 4.69) is 25.9 Å². The molecule has 2 heterocycles. The van der Waals surface area contributed by atoms with Crippen LogP contribution in [-0.4, -0.2) is 45.2 Å². The highest BCUT2D eigenvalue weighted by atomic mass is 35.5. The van der Waals surface area contributed by atoms with E-state index in [-0.39, 0.29) is 42.4 Å². The number of aromatic nitrogens is 3. The maximum atomic E-state index is 13.1. The second-order valence-electron chi connectivity index (χ2n) is 6.59. The third kappa shape index (κ3) is 4.83. The molecule has 0 spiro atoms. The molecule has 0 atom stereocenters. The summed E-state index contributed by atoms with van der Waals surface area (Å²) in [4.78, 5) is 20.0. The van der Waals surface area contributed by atoms with Gasteiger partial charge in [-0.25, -0.2) is 4.98 Å². The highest BCUT2D eigenvalue weighted by Gasteiger charge is 2.35. The van der Waals surface area contributed by atoms with E-state index >= 15 is 0 Å². The van der Waals surface area contributed by atoms with Crippen LogP contribution < -0.4 is 16.0 Å².